The van der Waals surface area contributed by atoms with Crippen molar-refractivity contribution in [3.63, 3.8) is 0 Å². The van der Waals surface area contributed by atoms with E-state index in [1.807, 2.05) is 6.07 Å². The van der Waals surface area contributed by atoms with Gasteiger partial charge in [-0.1, -0.05) is 28.1 Å². The summed E-state index contributed by atoms with van der Waals surface area (Å²) in [5.74, 6) is -0.175. The molecular formula is C13H11Br2FS. The van der Waals surface area contributed by atoms with Gasteiger partial charge in [-0.3, -0.25) is 0 Å². The van der Waals surface area contributed by atoms with Crippen LogP contribution in [0.15, 0.2) is 34.8 Å². The second-order valence-electron chi connectivity index (χ2n) is 3.85. The van der Waals surface area contributed by atoms with E-state index in [4.69, 9.17) is 0 Å². The minimum absolute atomic E-state index is 0.175. The average Bonchev–Trinajstić information content (AvgIpc) is 2.59. The summed E-state index contributed by atoms with van der Waals surface area (Å²) in [5, 5.41) is 0. The smallest absolute Gasteiger partial charge is 0.123 e. The van der Waals surface area contributed by atoms with Crippen molar-refractivity contribution in [2.24, 2.45) is 0 Å². The number of hydrogen-bond donors (Lipinski definition) is 0. The van der Waals surface area contributed by atoms with E-state index in [-0.39, 0.29) is 10.6 Å². The summed E-state index contributed by atoms with van der Waals surface area (Å²) in [7, 11) is 0. The third kappa shape index (κ3) is 3.39. The molecule has 17 heavy (non-hydrogen) atoms. The van der Waals surface area contributed by atoms with E-state index in [2.05, 4.69) is 44.8 Å². The van der Waals surface area contributed by atoms with E-state index >= 15 is 0 Å². The number of benzene rings is 1. The van der Waals surface area contributed by atoms with Gasteiger partial charge in [-0.25, -0.2) is 4.39 Å². The van der Waals surface area contributed by atoms with E-state index in [0.717, 1.165) is 16.5 Å². The Bertz CT molecular complexity index is 502. The summed E-state index contributed by atoms with van der Waals surface area (Å²) in [5.41, 5.74) is 1.01. The van der Waals surface area contributed by atoms with E-state index in [1.54, 1.807) is 23.5 Å². The van der Waals surface area contributed by atoms with Gasteiger partial charge in [0.05, 0.1) is 4.83 Å². The van der Waals surface area contributed by atoms with Crippen molar-refractivity contribution >= 4 is 43.2 Å². The first-order valence-corrected chi connectivity index (χ1v) is 7.73. The van der Waals surface area contributed by atoms with Crippen LogP contribution in [0, 0.1) is 12.7 Å². The van der Waals surface area contributed by atoms with Crippen LogP contribution in [-0.4, -0.2) is 0 Å². The van der Waals surface area contributed by atoms with Gasteiger partial charge in [0, 0.05) is 14.2 Å². The Kier molecular flexibility index (Phi) is 4.39. The molecule has 0 spiro atoms. The summed E-state index contributed by atoms with van der Waals surface area (Å²) in [6.07, 6.45) is 0.796. The minimum Gasteiger partial charge on any atom is -0.207 e. The highest BCUT2D eigenvalue weighted by atomic mass is 79.9. The number of thiophene rings is 1. The Hall–Kier alpha value is -0.190. The van der Waals surface area contributed by atoms with Crippen molar-refractivity contribution in [2.75, 3.05) is 0 Å². The normalized spacial score (nSPS) is 12.7. The van der Waals surface area contributed by atoms with Crippen LogP contribution in [0.4, 0.5) is 4.39 Å². The summed E-state index contributed by atoms with van der Waals surface area (Å²) >= 11 is 8.93. The van der Waals surface area contributed by atoms with Gasteiger partial charge in [0.1, 0.15) is 5.82 Å². The number of halogens is 3. The third-order valence-corrected chi connectivity index (χ3v) is 5.86. The zero-order chi connectivity index (χ0) is 12.4. The SMILES string of the molecule is Cc1sc(C(Br)Cc2cccc(F)c2)cc1Br. The Labute approximate surface area is 121 Å². The highest BCUT2D eigenvalue weighted by Gasteiger charge is 2.13. The molecule has 0 saturated carbocycles. The molecule has 0 aliphatic heterocycles. The fourth-order valence-electron chi connectivity index (χ4n) is 1.61. The van der Waals surface area contributed by atoms with E-state index in [1.165, 1.54) is 15.8 Å². The van der Waals surface area contributed by atoms with E-state index in [9.17, 15) is 4.39 Å². The van der Waals surface area contributed by atoms with Gasteiger partial charge in [-0.15, -0.1) is 11.3 Å². The highest BCUT2D eigenvalue weighted by molar-refractivity contribution is 9.10. The maximum atomic E-state index is 13.1. The van der Waals surface area contributed by atoms with Gasteiger partial charge >= 0.3 is 0 Å². The molecule has 1 aromatic carbocycles. The lowest BCUT2D eigenvalue weighted by atomic mass is 10.1. The predicted octanol–water partition coefficient (Wildman–Crippen LogP) is 5.64. The molecule has 0 aliphatic carbocycles. The van der Waals surface area contributed by atoms with Gasteiger partial charge in [0.25, 0.3) is 0 Å². The molecule has 0 bridgehead atoms. The topological polar surface area (TPSA) is 0 Å². The lowest BCUT2D eigenvalue weighted by Gasteiger charge is -2.07. The molecule has 90 valence electrons. The molecule has 0 aliphatic rings. The van der Waals surface area contributed by atoms with Crippen molar-refractivity contribution in [1.82, 2.24) is 0 Å². The molecule has 1 aromatic heterocycles. The van der Waals surface area contributed by atoms with Gasteiger partial charge < -0.3 is 0 Å². The average molecular weight is 378 g/mol. The minimum atomic E-state index is -0.175. The fourth-order valence-corrected chi connectivity index (χ4v) is 3.93. The predicted molar refractivity (Wildman–Crippen MR) is 78.5 cm³/mol. The first-order valence-electron chi connectivity index (χ1n) is 5.20. The van der Waals surface area contributed by atoms with Crippen LogP contribution >= 0.6 is 43.2 Å². The fraction of sp³-hybridized carbons (Fsp3) is 0.231. The van der Waals surface area contributed by atoms with Crippen LogP contribution in [0.2, 0.25) is 0 Å². The van der Waals surface area contributed by atoms with Gasteiger partial charge in [0.15, 0.2) is 0 Å². The number of hydrogen-bond acceptors (Lipinski definition) is 1. The van der Waals surface area contributed by atoms with Crippen molar-refractivity contribution in [3.05, 3.63) is 55.9 Å². The molecule has 1 atom stereocenters. The number of alkyl halides is 1. The van der Waals surface area contributed by atoms with Crippen molar-refractivity contribution in [3.8, 4) is 0 Å². The van der Waals surface area contributed by atoms with Crippen LogP contribution in [0.1, 0.15) is 20.1 Å². The zero-order valence-corrected chi connectivity index (χ0v) is 13.2. The Morgan fingerprint density at radius 2 is 2.12 bits per heavy atom. The summed E-state index contributed by atoms with van der Waals surface area (Å²) in [6.45, 7) is 2.08. The van der Waals surface area contributed by atoms with Crippen LogP contribution in [0.3, 0.4) is 0 Å². The summed E-state index contributed by atoms with van der Waals surface area (Å²) in [4.78, 5) is 2.77. The molecule has 2 aromatic rings. The van der Waals surface area contributed by atoms with E-state index in [0.29, 0.717) is 0 Å². The number of aryl methyl sites for hydroxylation is 1. The molecule has 1 heterocycles. The quantitative estimate of drug-likeness (QED) is 0.607. The third-order valence-electron chi connectivity index (χ3n) is 2.49. The molecule has 0 nitrogen and oxygen atoms in total. The van der Waals surface area contributed by atoms with Crippen LogP contribution in [-0.2, 0) is 6.42 Å². The zero-order valence-electron chi connectivity index (χ0n) is 9.21. The van der Waals surface area contributed by atoms with Gasteiger partial charge in [0.2, 0.25) is 0 Å². The first-order chi connectivity index (χ1) is 8.06. The van der Waals surface area contributed by atoms with Crippen molar-refractivity contribution < 1.29 is 4.39 Å². The Morgan fingerprint density at radius 3 is 2.71 bits per heavy atom. The van der Waals surface area contributed by atoms with Crippen LogP contribution in [0.5, 0.6) is 0 Å². The summed E-state index contributed by atoms with van der Waals surface area (Å²) in [6, 6.07) is 8.88. The molecule has 1 unspecified atom stereocenters. The molecule has 4 heteroatoms. The maximum Gasteiger partial charge on any atom is 0.123 e. The Balaban J connectivity index is 2.14. The molecular weight excluding hydrogens is 367 g/mol. The van der Waals surface area contributed by atoms with Gasteiger partial charge in [-0.05, 0) is 53.0 Å². The largest absolute Gasteiger partial charge is 0.207 e. The molecule has 2 rings (SSSR count). The monoisotopic (exact) mass is 376 g/mol. The second kappa shape index (κ2) is 5.63. The molecule has 0 radical (unpaired) electrons. The van der Waals surface area contributed by atoms with E-state index < -0.39 is 0 Å². The second-order valence-corrected chi connectivity index (χ2v) is 7.10. The standard InChI is InChI=1S/C13H11Br2FS/c1-8-11(14)7-13(17-8)12(15)6-9-3-2-4-10(16)5-9/h2-5,7,12H,6H2,1H3. The van der Waals surface area contributed by atoms with Crippen LogP contribution in [0.25, 0.3) is 0 Å². The lowest BCUT2D eigenvalue weighted by Crippen LogP contribution is -1.93. The highest BCUT2D eigenvalue weighted by Crippen LogP contribution is 2.36. The Morgan fingerprint density at radius 1 is 1.35 bits per heavy atom. The molecule has 0 amide bonds. The molecule has 0 N–H and O–H groups in total. The summed E-state index contributed by atoms with van der Waals surface area (Å²) < 4.78 is 14.2. The van der Waals surface area contributed by atoms with Crippen molar-refractivity contribution in [1.29, 1.82) is 0 Å². The number of rotatable bonds is 3. The lowest BCUT2D eigenvalue weighted by molar-refractivity contribution is 0.625. The van der Waals surface area contributed by atoms with Crippen LogP contribution < -0.4 is 0 Å². The molecule has 0 saturated heterocycles. The van der Waals surface area contributed by atoms with Gasteiger partial charge in [-0.2, -0.15) is 0 Å². The maximum absolute atomic E-state index is 13.1. The molecule has 0 fully saturated rings. The first kappa shape index (κ1) is 13.2. The van der Waals surface area contributed by atoms with Crippen molar-refractivity contribution in [2.45, 2.75) is 18.2 Å².